The average molecular weight is 319 g/mol. The van der Waals surface area contributed by atoms with Gasteiger partial charge in [0.2, 0.25) is 0 Å². The molecule has 98 valence electrons. The van der Waals surface area contributed by atoms with E-state index >= 15 is 0 Å². The van der Waals surface area contributed by atoms with Gasteiger partial charge in [0, 0.05) is 10.9 Å². The smallest absolute Gasteiger partial charge is 0.126 e. The largest absolute Gasteiger partial charge is 0.488 e. The molecule has 4 heteroatoms. The second-order valence-corrected chi connectivity index (χ2v) is 5.55. The number of benzene rings is 1. The van der Waals surface area contributed by atoms with Crippen molar-refractivity contribution in [3.05, 3.63) is 52.1 Å². The molecule has 1 aromatic heterocycles. The van der Waals surface area contributed by atoms with Crippen molar-refractivity contribution in [3.8, 4) is 5.75 Å². The molecule has 0 radical (unpaired) electrons. The normalized spacial score (nSPS) is 16.8. The predicted octanol–water partition coefficient (Wildman–Crippen LogP) is 3.57. The molecule has 0 aliphatic carbocycles. The summed E-state index contributed by atoms with van der Waals surface area (Å²) in [6, 6.07) is 12.2. The van der Waals surface area contributed by atoms with Gasteiger partial charge in [-0.05, 0) is 46.6 Å². The van der Waals surface area contributed by atoms with Crippen LogP contribution in [0.15, 0.2) is 40.9 Å². The summed E-state index contributed by atoms with van der Waals surface area (Å²) in [5, 5.41) is 3.33. The summed E-state index contributed by atoms with van der Waals surface area (Å²) >= 11 is 3.45. The number of rotatable bonds is 3. The zero-order chi connectivity index (χ0) is 13.2. The van der Waals surface area contributed by atoms with Gasteiger partial charge in [-0.1, -0.05) is 18.2 Å². The van der Waals surface area contributed by atoms with Gasteiger partial charge < -0.3 is 10.1 Å². The Morgan fingerprint density at radius 1 is 1.32 bits per heavy atom. The fourth-order valence-corrected chi connectivity index (χ4v) is 2.45. The maximum absolute atomic E-state index is 5.88. The molecule has 3 rings (SSSR count). The molecule has 0 bridgehead atoms. The van der Waals surface area contributed by atoms with Crippen molar-refractivity contribution in [2.24, 2.45) is 0 Å². The third-order valence-corrected chi connectivity index (χ3v) is 4.08. The van der Waals surface area contributed by atoms with E-state index in [4.69, 9.17) is 4.74 Å². The number of fused-ring (bicyclic) bond motifs is 1. The van der Waals surface area contributed by atoms with Crippen molar-refractivity contribution in [1.82, 2.24) is 4.98 Å². The topological polar surface area (TPSA) is 34.2 Å². The highest BCUT2D eigenvalue weighted by atomic mass is 79.9. The average Bonchev–Trinajstić information content (AvgIpc) is 2.83. The lowest BCUT2D eigenvalue weighted by Gasteiger charge is -2.12. The lowest BCUT2D eigenvalue weighted by atomic mass is 10.1. The zero-order valence-electron chi connectivity index (χ0n) is 10.7. The van der Waals surface area contributed by atoms with E-state index in [1.807, 2.05) is 31.2 Å². The number of halogens is 1. The summed E-state index contributed by atoms with van der Waals surface area (Å²) in [6.07, 6.45) is 1.14. The first-order chi connectivity index (χ1) is 9.22. The summed E-state index contributed by atoms with van der Waals surface area (Å²) in [6.45, 7) is 2.75. The number of hydrogen-bond acceptors (Lipinski definition) is 3. The van der Waals surface area contributed by atoms with E-state index in [-0.39, 0.29) is 6.10 Å². The van der Waals surface area contributed by atoms with E-state index in [0.29, 0.717) is 0 Å². The first-order valence-corrected chi connectivity index (χ1v) is 7.13. The van der Waals surface area contributed by atoms with Crippen LogP contribution < -0.4 is 10.1 Å². The van der Waals surface area contributed by atoms with Gasteiger partial charge >= 0.3 is 0 Å². The number of anilines is 1. The van der Waals surface area contributed by atoms with E-state index in [9.17, 15) is 0 Å². The maximum atomic E-state index is 5.88. The van der Waals surface area contributed by atoms with Crippen LogP contribution in [0, 0.1) is 6.92 Å². The second-order valence-electron chi connectivity index (χ2n) is 4.70. The number of para-hydroxylation sites is 1. The molecule has 2 heterocycles. The molecule has 0 saturated carbocycles. The van der Waals surface area contributed by atoms with Gasteiger partial charge in [0.15, 0.2) is 0 Å². The Labute approximate surface area is 121 Å². The van der Waals surface area contributed by atoms with Crippen LogP contribution in [0.25, 0.3) is 0 Å². The van der Waals surface area contributed by atoms with Crippen molar-refractivity contribution in [2.45, 2.75) is 19.4 Å². The summed E-state index contributed by atoms with van der Waals surface area (Å²) in [5.74, 6) is 1.90. The number of aromatic nitrogens is 1. The molecule has 0 fully saturated rings. The third-order valence-electron chi connectivity index (χ3n) is 3.25. The van der Waals surface area contributed by atoms with Crippen molar-refractivity contribution in [3.63, 3.8) is 0 Å². The summed E-state index contributed by atoms with van der Waals surface area (Å²) < 4.78 is 6.91. The van der Waals surface area contributed by atoms with Gasteiger partial charge in [-0.25, -0.2) is 4.98 Å². The molecule has 19 heavy (non-hydrogen) atoms. The third kappa shape index (κ3) is 2.73. The maximum Gasteiger partial charge on any atom is 0.126 e. The summed E-state index contributed by atoms with van der Waals surface area (Å²) in [5.41, 5.74) is 2.27. The first-order valence-electron chi connectivity index (χ1n) is 6.34. The van der Waals surface area contributed by atoms with Crippen LogP contribution in [0.5, 0.6) is 5.75 Å². The van der Waals surface area contributed by atoms with Crippen LogP contribution in [0.3, 0.4) is 0 Å². The van der Waals surface area contributed by atoms with Gasteiger partial charge in [-0.2, -0.15) is 0 Å². The number of nitrogens with zero attached hydrogens (tertiary/aromatic N) is 1. The Bertz CT molecular complexity index is 575. The zero-order valence-corrected chi connectivity index (χ0v) is 12.3. The molecule has 1 aliphatic heterocycles. The number of aryl methyl sites for hydroxylation is 1. The molecule has 0 saturated heterocycles. The van der Waals surface area contributed by atoms with E-state index in [1.54, 1.807) is 0 Å². The minimum atomic E-state index is 0.183. The van der Waals surface area contributed by atoms with Crippen LogP contribution >= 0.6 is 15.9 Å². The van der Waals surface area contributed by atoms with Crippen LogP contribution in [0.4, 0.5) is 5.82 Å². The van der Waals surface area contributed by atoms with Gasteiger partial charge in [-0.3, -0.25) is 0 Å². The van der Waals surface area contributed by atoms with Gasteiger partial charge in [-0.15, -0.1) is 0 Å². The highest BCUT2D eigenvalue weighted by Crippen LogP contribution is 2.28. The molecular weight excluding hydrogens is 304 g/mol. The standard InChI is InChI=1S/C15H15BrN2O/c1-10-13(16)6-7-15(18-10)17-9-12-8-11-4-2-3-5-14(11)19-12/h2-7,12H,8-9H2,1H3,(H,17,18). The lowest BCUT2D eigenvalue weighted by Crippen LogP contribution is -2.24. The molecule has 1 aliphatic rings. The molecular formula is C15H15BrN2O. The molecule has 0 spiro atoms. The molecule has 1 N–H and O–H groups in total. The van der Waals surface area contributed by atoms with Crippen molar-refractivity contribution in [1.29, 1.82) is 0 Å². The van der Waals surface area contributed by atoms with Crippen LogP contribution in [-0.4, -0.2) is 17.6 Å². The van der Waals surface area contributed by atoms with E-state index in [0.717, 1.165) is 34.7 Å². The Hall–Kier alpha value is -1.55. The van der Waals surface area contributed by atoms with Gasteiger partial charge in [0.25, 0.3) is 0 Å². The fourth-order valence-electron chi connectivity index (χ4n) is 2.23. The Morgan fingerprint density at radius 3 is 2.95 bits per heavy atom. The Kier molecular flexibility index (Phi) is 3.42. The summed E-state index contributed by atoms with van der Waals surface area (Å²) in [7, 11) is 0. The molecule has 1 unspecified atom stereocenters. The SMILES string of the molecule is Cc1nc(NCC2Cc3ccccc3O2)ccc1Br. The fraction of sp³-hybridized carbons (Fsp3) is 0.267. The van der Waals surface area contributed by atoms with Gasteiger partial charge in [0.05, 0.1) is 12.2 Å². The van der Waals surface area contributed by atoms with E-state index < -0.39 is 0 Å². The number of nitrogens with one attached hydrogen (secondary N) is 1. The highest BCUT2D eigenvalue weighted by Gasteiger charge is 2.21. The van der Waals surface area contributed by atoms with Crippen LogP contribution in [-0.2, 0) is 6.42 Å². The highest BCUT2D eigenvalue weighted by molar-refractivity contribution is 9.10. The Morgan fingerprint density at radius 2 is 2.16 bits per heavy atom. The van der Waals surface area contributed by atoms with Crippen molar-refractivity contribution >= 4 is 21.7 Å². The second kappa shape index (κ2) is 5.21. The lowest BCUT2D eigenvalue weighted by molar-refractivity contribution is 0.246. The van der Waals surface area contributed by atoms with Gasteiger partial charge in [0.1, 0.15) is 17.7 Å². The number of ether oxygens (including phenoxy) is 1. The number of hydrogen-bond donors (Lipinski definition) is 1. The predicted molar refractivity (Wildman–Crippen MR) is 79.7 cm³/mol. The monoisotopic (exact) mass is 318 g/mol. The summed E-state index contributed by atoms with van der Waals surface area (Å²) in [4.78, 5) is 4.47. The van der Waals surface area contributed by atoms with Crippen LogP contribution in [0.1, 0.15) is 11.3 Å². The molecule has 0 amide bonds. The van der Waals surface area contributed by atoms with Crippen LogP contribution in [0.2, 0.25) is 0 Å². The number of pyridine rings is 1. The molecule has 1 aromatic carbocycles. The molecule has 3 nitrogen and oxygen atoms in total. The van der Waals surface area contributed by atoms with E-state index in [2.05, 4.69) is 38.4 Å². The minimum Gasteiger partial charge on any atom is -0.488 e. The van der Waals surface area contributed by atoms with E-state index in [1.165, 1.54) is 5.56 Å². The Balaban J connectivity index is 1.61. The molecule has 2 aromatic rings. The minimum absolute atomic E-state index is 0.183. The quantitative estimate of drug-likeness (QED) is 0.939. The first kappa shape index (κ1) is 12.5. The van der Waals surface area contributed by atoms with Crippen molar-refractivity contribution in [2.75, 3.05) is 11.9 Å². The molecule has 1 atom stereocenters. The van der Waals surface area contributed by atoms with Crippen molar-refractivity contribution < 1.29 is 4.74 Å².